The molecule has 1 aliphatic heterocycles. The van der Waals surface area contributed by atoms with Crippen molar-refractivity contribution in [2.24, 2.45) is 0 Å². The normalized spacial score (nSPS) is 15.3. The highest BCUT2D eigenvalue weighted by Crippen LogP contribution is 2.29. The summed E-state index contributed by atoms with van der Waals surface area (Å²) in [5.74, 6) is 1.08. The summed E-state index contributed by atoms with van der Waals surface area (Å²) in [4.78, 5) is 2.40. The third-order valence-electron chi connectivity index (χ3n) is 4.48. The van der Waals surface area contributed by atoms with Crippen molar-refractivity contribution in [2.45, 2.75) is 52.1 Å². The lowest BCUT2D eigenvalue weighted by molar-refractivity contribution is 0.267. The molecule has 0 saturated carbocycles. The molecule has 2 rings (SSSR count). The van der Waals surface area contributed by atoms with Crippen molar-refractivity contribution in [1.29, 1.82) is 0 Å². The van der Waals surface area contributed by atoms with Crippen LogP contribution in [-0.4, -0.2) is 37.7 Å². The minimum Gasteiger partial charge on any atom is -0.493 e. The number of ether oxygens (including phenoxy) is 1. The summed E-state index contributed by atoms with van der Waals surface area (Å²) in [5.41, 5.74) is 2.77. The Balaban J connectivity index is 1.83. The van der Waals surface area contributed by atoms with Crippen LogP contribution in [0.5, 0.6) is 5.75 Å². The molecule has 0 fully saturated rings. The van der Waals surface area contributed by atoms with Crippen LogP contribution in [0.2, 0.25) is 0 Å². The van der Waals surface area contributed by atoms with Gasteiger partial charge in [0.2, 0.25) is 0 Å². The Hall–Kier alpha value is -1.06. The van der Waals surface area contributed by atoms with Crippen molar-refractivity contribution >= 4 is 0 Å². The lowest BCUT2D eigenvalue weighted by Gasteiger charge is -2.22. The summed E-state index contributed by atoms with van der Waals surface area (Å²) in [6, 6.07) is 7.76. The van der Waals surface area contributed by atoms with E-state index in [4.69, 9.17) is 4.74 Å². The van der Waals surface area contributed by atoms with Crippen LogP contribution in [0.3, 0.4) is 0 Å². The highest BCUT2D eigenvalue weighted by Gasteiger charge is 2.15. The molecule has 3 heteroatoms. The van der Waals surface area contributed by atoms with Gasteiger partial charge in [-0.05, 0) is 64.0 Å². The minimum absolute atomic E-state index is 0.459. The zero-order valence-corrected chi connectivity index (χ0v) is 14.0. The zero-order valence-electron chi connectivity index (χ0n) is 14.0. The average Bonchev–Trinajstić information content (AvgIpc) is 2.94. The van der Waals surface area contributed by atoms with Crippen LogP contribution in [0.15, 0.2) is 18.2 Å². The Morgan fingerprint density at radius 1 is 1.33 bits per heavy atom. The van der Waals surface area contributed by atoms with Crippen molar-refractivity contribution in [3.05, 3.63) is 29.3 Å². The molecule has 3 nitrogen and oxygen atoms in total. The smallest absolute Gasteiger partial charge is 0.122 e. The number of nitrogens with one attached hydrogen (secondary N) is 1. The molecule has 1 aliphatic rings. The number of rotatable bonds is 8. The van der Waals surface area contributed by atoms with Crippen LogP contribution in [-0.2, 0) is 6.42 Å². The fourth-order valence-corrected chi connectivity index (χ4v) is 2.78. The molecule has 0 saturated heterocycles. The molecular formula is C18H30N2O. The molecule has 21 heavy (non-hydrogen) atoms. The number of fused-ring (bicyclic) bond motifs is 1. The number of hydrogen-bond donors (Lipinski definition) is 1. The molecule has 1 unspecified atom stereocenters. The topological polar surface area (TPSA) is 24.5 Å². The van der Waals surface area contributed by atoms with Gasteiger partial charge in [0.15, 0.2) is 0 Å². The van der Waals surface area contributed by atoms with E-state index in [1.165, 1.54) is 17.5 Å². The molecule has 0 spiro atoms. The van der Waals surface area contributed by atoms with E-state index in [9.17, 15) is 0 Å². The first-order chi connectivity index (χ1) is 10.1. The first kappa shape index (κ1) is 16.3. The lowest BCUT2D eigenvalue weighted by atomic mass is 10.0. The van der Waals surface area contributed by atoms with Gasteiger partial charge in [-0.25, -0.2) is 0 Å². The maximum atomic E-state index is 5.59. The van der Waals surface area contributed by atoms with Gasteiger partial charge in [-0.3, -0.25) is 0 Å². The molecule has 1 atom stereocenters. The molecule has 0 aromatic heterocycles. The van der Waals surface area contributed by atoms with E-state index in [0.717, 1.165) is 38.3 Å². The van der Waals surface area contributed by atoms with Gasteiger partial charge in [0.25, 0.3) is 0 Å². The second-order valence-electron chi connectivity index (χ2n) is 6.31. The second-order valence-corrected chi connectivity index (χ2v) is 6.31. The van der Waals surface area contributed by atoms with Gasteiger partial charge in [-0.15, -0.1) is 0 Å². The molecule has 0 radical (unpaired) electrons. The Labute approximate surface area is 129 Å². The molecular weight excluding hydrogens is 260 g/mol. The third kappa shape index (κ3) is 4.45. The Morgan fingerprint density at radius 3 is 2.86 bits per heavy atom. The maximum Gasteiger partial charge on any atom is 0.122 e. The fourth-order valence-electron chi connectivity index (χ4n) is 2.78. The first-order valence-corrected chi connectivity index (χ1v) is 8.31. The van der Waals surface area contributed by atoms with Crippen molar-refractivity contribution in [1.82, 2.24) is 10.2 Å². The summed E-state index contributed by atoms with van der Waals surface area (Å²) in [5, 5.41) is 3.70. The van der Waals surface area contributed by atoms with E-state index in [2.05, 4.69) is 56.2 Å². The minimum atomic E-state index is 0.459. The van der Waals surface area contributed by atoms with Gasteiger partial charge in [-0.1, -0.05) is 19.1 Å². The average molecular weight is 290 g/mol. The molecule has 0 aliphatic carbocycles. The number of benzene rings is 1. The molecule has 1 heterocycles. The monoisotopic (exact) mass is 290 g/mol. The van der Waals surface area contributed by atoms with E-state index < -0.39 is 0 Å². The SMILES string of the molecule is CCC(NCCCN(C)C(C)C)c1ccc2c(c1)CCO2. The summed E-state index contributed by atoms with van der Waals surface area (Å²) in [7, 11) is 2.20. The van der Waals surface area contributed by atoms with E-state index >= 15 is 0 Å². The van der Waals surface area contributed by atoms with Crippen LogP contribution in [0, 0.1) is 0 Å². The highest BCUT2D eigenvalue weighted by molar-refractivity contribution is 5.40. The van der Waals surface area contributed by atoms with Gasteiger partial charge >= 0.3 is 0 Å². The zero-order chi connectivity index (χ0) is 15.2. The maximum absolute atomic E-state index is 5.59. The van der Waals surface area contributed by atoms with Gasteiger partial charge in [0.05, 0.1) is 6.61 Å². The summed E-state index contributed by atoms with van der Waals surface area (Å²) >= 11 is 0. The fraction of sp³-hybridized carbons (Fsp3) is 0.667. The molecule has 1 aromatic carbocycles. The summed E-state index contributed by atoms with van der Waals surface area (Å²) in [6.45, 7) is 9.80. The van der Waals surface area contributed by atoms with Crippen molar-refractivity contribution in [3.8, 4) is 5.75 Å². The van der Waals surface area contributed by atoms with E-state index in [-0.39, 0.29) is 0 Å². The quantitative estimate of drug-likeness (QED) is 0.743. The van der Waals surface area contributed by atoms with Crippen molar-refractivity contribution in [3.63, 3.8) is 0 Å². The number of nitrogens with zero attached hydrogens (tertiary/aromatic N) is 1. The second kappa shape index (κ2) is 7.81. The molecule has 1 aromatic rings. The van der Waals surface area contributed by atoms with Crippen LogP contribution in [0.25, 0.3) is 0 Å². The van der Waals surface area contributed by atoms with Crippen LogP contribution in [0.4, 0.5) is 0 Å². The van der Waals surface area contributed by atoms with Crippen molar-refractivity contribution < 1.29 is 4.74 Å². The molecule has 0 bridgehead atoms. The Bertz CT molecular complexity index is 445. The van der Waals surface area contributed by atoms with Crippen LogP contribution in [0.1, 0.15) is 50.8 Å². The van der Waals surface area contributed by atoms with E-state index in [1.54, 1.807) is 0 Å². The predicted octanol–water partition coefficient (Wildman–Crippen LogP) is 3.39. The largest absolute Gasteiger partial charge is 0.493 e. The Morgan fingerprint density at radius 2 is 2.14 bits per heavy atom. The summed E-state index contributed by atoms with van der Waals surface area (Å²) in [6.07, 6.45) is 3.37. The highest BCUT2D eigenvalue weighted by atomic mass is 16.5. The van der Waals surface area contributed by atoms with Crippen LogP contribution >= 0.6 is 0 Å². The van der Waals surface area contributed by atoms with Gasteiger partial charge in [-0.2, -0.15) is 0 Å². The van der Waals surface area contributed by atoms with Gasteiger partial charge < -0.3 is 15.0 Å². The molecule has 118 valence electrons. The standard InChI is InChI=1S/C18H30N2O/c1-5-17(19-10-6-11-20(4)14(2)3)15-7-8-18-16(13-15)9-12-21-18/h7-8,13-14,17,19H,5-6,9-12H2,1-4H3. The van der Waals surface area contributed by atoms with Crippen LogP contribution < -0.4 is 10.1 Å². The van der Waals surface area contributed by atoms with E-state index in [1.807, 2.05) is 0 Å². The summed E-state index contributed by atoms with van der Waals surface area (Å²) < 4.78 is 5.59. The number of hydrogen-bond acceptors (Lipinski definition) is 3. The lowest BCUT2D eigenvalue weighted by Crippen LogP contribution is -2.30. The third-order valence-corrected chi connectivity index (χ3v) is 4.48. The van der Waals surface area contributed by atoms with Gasteiger partial charge in [0.1, 0.15) is 5.75 Å². The molecule has 1 N–H and O–H groups in total. The van der Waals surface area contributed by atoms with Crippen molar-refractivity contribution in [2.75, 3.05) is 26.7 Å². The first-order valence-electron chi connectivity index (χ1n) is 8.31. The van der Waals surface area contributed by atoms with E-state index in [0.29, 0.717) is 12.1 Å². The Kier molecular flexibility index (Phi) is 6.07. The predicted molar refractivity (Wildman–Crippen MR) is 89.1 cm³/mol. The molecule has 0 amide bonds. The van der Waals surface area contributed by atoms with Gasteiger partial charge in [0, 0.05) is 18.5 Å².